The Morgan fingerprint density at radius 2 is 2.10 bits per heavy atom. The van der Waals surface area contributed by atoms with E-state index in [4.69, 9.17) is 10.5 Å². The lowest BCUT2D eigenvalue weighted by Crippen LogP contribution is -2.45. The summed E-state index contributed by atoms with van der Waals surface area (Å²) in [5.41, 5.74) is 8.40. The molecule has 1 aromatic rings. The summed E-state index contributed by atoms with van der Waals surface area (Å²) in [6.45, 7) is 8.08. The number of pyridine rings is 1. The molecule has 0 spiro atoms. The van der Waals surface area contributed by atoms with Gasteiger partial charge in [-0.25, -0.2) is 4.98 Å². The summed E-state index contributed by atoms with van der Waals surface area (Å²) in [4.78, 5) is 4.31. The number of nitrogen functional groups attached to an aromatic ring is 1. The van der Waals surface area contributed by atoms with E-state index in [2.05, 4.69) is 31.1 Å². The van der Waals surface area contributed by atoms with Crippen LogP contribution in [0.15, 0.2) is 12.3 Å². The maximum atomic E-state index is 6.27. The topological polar surface area (TPSA) is 60.2 Å². The van der Waals surface area contributed by atoms with Crippen molar-refractivity contribution in [3.05, 3.63) is 23.4 Å². The van der Waals surface area contributed by atoms with E-state index in [-0.39, 0.29) is 11.6 Å². The Morgan fingerprint density at radius 1 is 1.38 bits per heavy atom. The minimum Gasteiger partial charge on any atom is -0.383 e. The molecule has 1 aliphatic carbocycles. The highest BCUT2D eigenvalue weighted by molar-refractivity contribution is 5.47. The highest BCUT2D eigenvalue weighted by Crippen LogP contribution is 2.44. The number of nitrogens with one attached hydrogen (secondary N) is 1. The van der Waals surface area contributed by atoms with Crippen molar-refractivity contribution in [1.82, 2.24) is 10.3 Å². The summed E-state index contributed by atoms with van der Waals surface area (Å²) >= 11 is 0. The van der Waals surface area contributed by atoms with Crippen molar-refractivity contribution in [2.24, 2.45) is 0 Å². The average molecular weight is 291 g/mol. The molecule has 2 rings (SSSR count). The zero-order valence-corrected chi connectivity index (χ0v) is 13.6. The molecule has 1 aliphatic rings. The van der Waals surface area contributed by atoms with Crippen molar-refractivity contribution >= 4 is 5.82 Å². The van der Waals surface area contributed by atoms with Gasteiger partial charge in [-0.3, -0.25) is 0 Å². The largest absolute Gasteiger partial charge is 0.383 e. The van der Waals surface area contributed by atoms with Crippen LogP contribution in [0.3, 0.4) is 0 Å². The van der Waals surface area contributed by atoms with E-state index in [0.717, 1.165) is 38.0 Å². The molecular weight excluding hydrogens is 262 g/mol. The fourth-order valence-electron chi connectivity index (χ4n) is 3.58. The predicted molar refractivity (Wildman–Crippen MR) is 87.2 cm³/mol. The van der Waals surface area contributed by atoms with E-state index < -0.39 is 0 Å². The molecule has 1 saturated carbocycles. The lowest BCUT2D eigenvalue weighted by molar-refractivity contribution is -0.0626. The van der Waals surface area contributed by atoms with Gasteiger partial charge in [0.2, 0.25) is 0 Å². The quantitative estimate of drug-likeness (QED) is 0.808. The van der Waals surface area contributed by atoms with Crippen LogP contribution in [-0.4, -0.2) is 23.7 Å². The van der Waals surface area contributed by atoms with Crippen LogP contribution < -0.4 is 11.1 Å². The van der Waals surface area contributed by atoms with Crippen molar-refractivity contribution < 1.29 is 4.74 Å². The van der Waals surface area contributed by atoms with E-state index in [1.165, 1.54) is 18.4 Å². The van der Waals surface area contributed by atoms with Crippen molar-refractivity contribution in [1.29, 1.82) is 0 Å². The molecule has 0 saturated heterocycles. The van der Waals surface area contributed by atoms with Gasteiger partial charge in [-0.15, -0.1) is 0 Å². The molecule has 1 fully saturated rings. The minimum absolute atomic E-state index is 0.133. The van der Waals surface area contributed by atoms with Crippen LogP contribution in [0, 0.1) is 6.92 Å². The van der Waals surface area contributed by atoms with Crippen LogP contribution in [0.4, 0.5) is 5.82 Å². The van der Waals surface area contributed by atoms with E-state index >= 15 is 0 Å². The first-order valence-corrected chi connectivity index (χ1v) is 8.23. The van der Waals surface area contributed by atoms with Crippen molar-refractivity contribution in [3.8, 4) is 0 Å². The first-order valence-electron chi connectivity index (χ1n) is 8.23. The third-order valence-corrected chi connectivity index (χ3v) is 4.53. The van der Waals surface area contributed by atoms with Gasteiger partial charge in [0.1, 0.15) is 5.82 Å². The van der Waals surface area contributed by atoms with Crippen molar-refractivity contribution in [2.45, 2.75) is 64.5 Å². The summed E-state index contributed by atoms with van der Waals surface area (Å²) in [6.07, 6.45) is 7.52. The summed E-state index contributed by atoms with van der Waals surface area (Å²) in [5.74, 6) is 0.634. The number of rotatable bonds is 7. The number of aryl methyl sites for hydroxylation is 1. The molecule has 1 heterocycles. The second kappa shape index (κ2) is 7.23. The summed E-state index contributed by atoms with van der Waals surface area (Å²) in [7, 11) is 0. The normalized spacial score (nSPS) is 18.8. The first kappa shape index (κ1) is 16.2. The third kappa shape index (κ3) is 3.38. The number of ether oxygens (including phenoxy) is 1. The van der Waals surface area contributed by atoms with Gasteiger partial charge in [-0.05, 0) is 51.3 Å². The molecule has 1 atom stereocenters. The Hall–Kier alpha value is -1.13. The molecule has 0 bridgehead atoms. The molecule has 0 aromatic carbocycles. The van der Waals surface area contributed by atoms with Crippen LogP contribution in [0.25, 0.3) is 0 Å². The fraction of sp³-hybridized carbons (Fsp3) is 0.706. The molecule has 4 heteroatoms. The van der Waals surface area contributed by atoms with E-state index in [9.17, 15) is 0 Å². The highest BCUT2D eigenvalue weighted by Gasteiger charge is 2.44. The number of hydrogen-bond donors (Lipinski definition) is 2. The van der Waals surface area contributed by atoms with E-state index in [0.29, 0.717) is 5.82 Å². The molecule has 1 aromatic heterocycles. The Bertz CT molecular complexity index is 435. The zero-order valence-electron chi connectivity index (χ0n) is 13.6. The number of hydrogen-bond acceptors (Lipinski definition) is 4. The SMILES string of the molecule is CCCNC(c1c(C)ccnc1N)C1(OCC)CCCC1. The molecule has 1 unspecified atom stereocenters. The average Bonchev–Trinajstić information content (AvgIpc) is 2.92. The molecule has 3 N–H and O–H groups in total. The van der Waals surface area contributed by atoms with Gasteiger partial charge in [0, 0.05) is 18.4 Å². The van der Waals surface area contributed by atoms with Gasteiger partial charge >= 0.3 is 0 Å². The minimum atomic E-state index is -0.133. The number of nitrogens with two attached hydrogens (primary N) is 1. The lowest BCUT2D eigenvalue weighted by atomic mass is 9.84. The molecule has 118 valence electrons. The maximum absolute atomic E-state index is 6.27. The highest BCUT2D eigenvalue weighted by atomic mass is 16.5. The fourth-order valence-corrected chi connectivity index (χ4v) is 3.58. The number of aromatic nitrogens is 1. The van der Waals surface area contributed by atoms with E-state index in [1.807, 2.05) is 6.07 Å². The van der Waals surface area contributed by atoms with Crippen LogP contribution in [0.2, 0.25) is 0 Å². The molecule has 4 nitrogen and oxygen atoms in total. The summed E-state index contributed by atoms with van der Waals surface area (Å²) in [5, 5.41) is 3.69. The molecule has 0 radical (unpaired) electrons. The molecular formula is C17H29N3O. The van der Waals surface area contributed by atoms with Gasteiger partial charge < -0.3 is 15.8 Å². The molecule has 0 aliphatic heterocycles. The second-order valence-corrected chi connectivity index (χ2v) is 6.02. The third-order valence-electron chi connectivity index (χ3n) is 4.53. The van der Waals surface area contributed by atoms with Crippen LogP contribution in [0.5, 0.6) is 0 Å². The molecule has 21 heavy (non-hydrogen) atoms. The Labute approximate surface area is 128 Å². The second-order valence-electron chi connectivity index (χ2n) is 6.02. The first-order chi connectivity index (χ1) is 10.1. The van der Waals surface area contributed by atoms with Gasteiger partial charge in [0.15, 0.2) is 0 Å². The maximum Gasteiger partial charge on any atom is 0.128 e. The summed E-state index contributed by atoms with van der Waals surface area (Å²) in [6, 6.07) is 2.18. The molecule has 0 amide bonds. The predicted octanol–water partition coefficient (Wildman–Crippen LogP) is 3.36. The van der Waals surface area contributed by atoms with Crippen LogP contribution in [0.1, 0.15) is 63.1 Å². The van der Waals surface area contributed by atoms with Crippen molar-refractivity contribution in [2.75, 3.05) is 18.9 Å². The van der Waals surface area contributed by atoms with Gasteiger partial charge in [-0.1, -0.05) is 19.8 Å². The van der Waals surface area contributed by atoms with Crippen LogP contribution >= 0.6 is 0 Å². The zero-order chi connectivity index (χ0) is 15.3. The number of nitrogens with zero attached hydrogens (tertiary/aromatic N) is 1. The van der Waals surface area contributed by atoms with Gasteiger partial charge in [-0.2, -0.15) is 0 Å². The van der Waals surface area contributed by atoms with Crippen molar-refractivity contribution in [3.63, 3.8) is 0 Å². The van der Waals surface area contributed by atoms with Gasteiger partial charge in [0.25, 0.3) is 0 Å². The summed E-state index contributed by atoms with van der Waals surface area (Å²) < 4.78 is 6.27. The number of anilines is 1. The Balaban J connectivity index is 2.41. The lowest BCUT2D eigenvalue weighted by Gasteiger charge is -2.39. The Morgan fingerprint density at radius 3 is 2.67 bits per heavy atom. The monoisotopic (exact) mass is 291 g/mol. The van der Waals surface area contributed by atoms with Crippen LogP contribution in [-0.2, 0) is 4.74 Å². The Kier molecular flexibility index (Phi) is 5.59. The standard InChI is InChI=1S/C17H29N3O/c1-4-11-19-15(14-13(3)8-12-20-16(14)18)17(21-5-2)9-6-7-10-17/h8,12,15,19H,4-7,9-11H2,1-3H3,(H2,18,20). The smallest absolute Gasteiger partial charge is 0.128 e. The van der Waals surface area contributed by atoms with E-state index in [1.54, 1.807) is 6.20 Å². The van der Waals surface area contributed by atoms with Gasteiger partial charge in [0.05, 0.1) is 11.6 Å².